The summed E-state index contributed by atoms with van der Waals surface area (Å²) in [5, 5.41) is 0. The number of anilines is 1. The van der Waals surface area contributed by atoms with Crippen LogP contribution in [0.2, 0.25) is 0 Å². The summed E-state index contributed by atoms with van der Waals surface area (Å²) in [6.07, 6.45) is 2.71. The Kier molecular flexibility index (Phi) is 3.95. The molecule has 1 nitrogen and oxygen atoms in total. The zero-order valence-electron chi connectivity index (χ0n) is 9.41. The maximum Gasteiger partial charge on any atom is 0.0369 e. The average molecular weight is 221 g/mol. The Balaban J connectivity index is 2.04. The fraction of sp³-hybridized carbons (Fsp3) is 0.538. The van der Waals surface area contributed by atoms with Crippen molar-refractivity contribution in [2.24, 2.45) is 0 Å². The van der Waals surface area contributed by atoms with Crippen molar-refractivity contribution in [3.63, 3.8) is 0 Å². The lowest BCUT2D eigenvalue weighted by molar-refractivity contribution is 0.949. The van der Waals surface area contributed by atoms with E-state index < -0.39 is 0 Å². The van der Waals surface area contributed by atoms with Crippen molar-refractivity contribution in [3.05, 3.63) is 29.8 Å². The third-order valence-electron chi connectivity index (χ3n) is 2.85. The molecule has 1 aliphatic heterocycles. The summed E-state index contributed by atoms with van der Waals surface area (Å²) >= 11 is 1.99. The van der Waals surface area contributed by atoms with Crippen LogP contribution in [0.1, 0.15) is 25.3 Å². The largest absolute Gasteiger partial charge is 0.372 e. The molecule has 1 fully saturated rings. The first kappa shape index (κ1) is 10.9. The van der Waals surface area contributed by atoms with Crippen LogP contribution in [-0.4, -0.2) is 18.8 Å². The number of thioether (sulfide) groups is 1. The topological polar surface area (TPSA) is 3.24 Å². The summed E-state index contributed by atoms with van der Waals surface area (Å²) in [6, 6.07) is 9.03. The lowest BCUT2D eigenvalue weighted by atomic mass is 10.2. The third kappa shape index (κ3) is 2.91. The van der Waals surface area contributed by atoms with Crippen molar-refractivity contribution in [1.29, 1.82) is 0 Å². The van der Waals surface area contributed by atoms with Gasteiger partial charge in [-0.15, -0.1) is 0 Å². The maximum absolute atomic E-state index is 2.50. The van der Waals surface area contributed by atoms with E-state index in [4.69, 9.17) is 0 Å². The van der Waals surface area contributed by atoms with E-state index in [1.165, 1.54) is 42.9 Å². The summed E-state index contributed by atoms with van der Waals surface area (Å²) in [6.45, 7) is 4.70. The first-order valence-electron chi connectivity index (χ1n) is 5.82. The van der Waals surface area contributed by atoms with Crippen LogP contribution in [0.15, 0.2) is 24.3 Å². The molecule has 1 aliphatic rings. The molecule has 0 aliphatic carbocycles. The van der Waals surface area contributed by atoms with E-state index in [9.17, 15) is 0 Å². The summed E-state index contributed by atoms with van der Waals surface area (Å²) < 4.78 is 0. The quantitative estimate of drug-likeness (QED) is 0.765. The number of hydrogen-bond donors (Lipinski definition) is 0. The van der Waals surface area contributed by atoms with Crippen molar-refractivity contribution in [2.45, 2.75) is 25.5 Å². The minimum absolute atomic E-state index is 1.15. The summed E-state index contributed by atoms with van der Waals surface area (Å²) in [7, 11) is 0. The van der Waals surface area contributed by atoms with Crippen LogP contribution in [0.5, 0.6) is 0 Å². The van der Waals surface area contributed by atoms with Gasteiger partial charge in [-0.3, -0.25) is 0 Å². The highest BCUT2D eigenvalue weighted by atomic mass is 32.2. The molecule has 1 saturated heterocycles. The van der Waals surface area contributed by atoms with E-state index in [-0.39, 0.29) is 0 Å². The van der Waals surface area contributed by atoms with E-state index >= 15 is 0 Å². The van der Waals surface area contributed by atoms with Crippen LogP contribution in [0.4, 0.5) is 5.69 Å². The van der Waals surface area contributed by atoms with Crippen molar-refractivity contribution in [2.75, 3.05) is 23.7 Å². The van der Waals surface area contributed by atoms with Gasteiger partial charge in [-0.25, -0.2) is 0 Å². The van der Waals surface area contributed by atoms with Crippen LogP contribution in [0, 0.1) is 0 Å². The Morgan fingerprint density at radius 3 is 2.80 bits per heavy atom. The van der Waals surface area contributed by atoms with E-state index in [0.717, 1.165) is 5.75 Å². The summed E-state index contributed by atoms with van der Waals surface area (Å²) in [4.78, 5) is 2.50. The fourth-order valence-corrected chi connectivity index (χ4v) is 2.66. The smallest absolute Gasteiger partial charge is 0.0369 e. The van der Waals surface area contributed by atoms with Gasteiger partial charge in [-0.2, -0.15) is 11.8 Å². The van der Waals surface area contributed by atoms with E-state index in [0.29, 0.717) is 0 Å². The standard InChI is InChI=1S/C13H19NS/c1-2-15-11-12-6-5-7-13(10-12)14-8-3-4-9-14/h5-7,10H,2-4,8-9,11H2,1H3. The van der Waals surface area contributed by atoms with E-state index in [2.05, 4.69) is 36.1 Å². The minimum atomic E-state index is 1.15. The molecule has 0 N–H and O–H groups in total. The van der Waals surface area contributed by atoms with Gasteiger partial charge in [0.1, 0.15) is 0 Å². The van der Waals surface area contributed by atoms with Gasteiger partial charge in [0, 0.05) is 24.5 Å². The first-order chi connectivity index (χ1) is 7.40. The molecule has 0 radical (unpaired) electrons. The molecule has 0 aromatic heterocycles. The van der Waals surface area contributed by atoms with Gasteiger partial charge in [-0.05, 0) is 36.3 Å². The van der Waals surface area contributed by atoms with Gasteiger partial charge >= 0.3 is 0 Å². The van der Waals surface area contributed by atoms with Crippen molar-refractivity contribution >= 4 is 17.4 Å². The third-order valence-corrected chi connectivity index (χ3v) is 3.80. The molecular weight excluding hydrogens is 202 g/mol. The minimum Gasteiger partial charge on any atom is -0.372 e. The van der Waals surface area contributed by atoms with E-state index in [1.54, 1.807) is 0 Å². The first-order valence-corrected chi connectivity index (χ1v) is 6.97. The monoisotopic (exact) mass is 221 g/mol. The lowest BCUT2D eigenvalue weighted by Gasteiger charge is -2.18. The van der Waals surface area contributed by atoms with Crippen LogP contribution in [0.25, 0.3) is 0 Å². The van der Waals surface area contributed by atoms with E-state index in [1.807, 2.05) is 11.8 Å². The second-order valence-corrected chi connectivity index (χ2v) is 5.28. The van der Waals surface area contributed by atoms with Crippen LogP contribution in [-0.2, 0) is 5.75 Å². The number of benzene rings is 1. The molecule has 15 heavy (non-hydrogen) atoms. The van der Waals surface area contributed by atoms with Gasteiger partial charge in [0.15, 0.2) is 0 Å². The molecule has 82 valence electrons. The molecule has 1 aromatic carbocycles. The van der Waals surface area contributed by atoms with Crippen LogP contribution in [0.3, 0.4) is 0 Å². The second kappa shape index (κ2) is 5.45. The van der Waals surface area contributed by atoms with Gasteiger partial charge in [0.25, 0.3) is 0 Å². The fourth-order valence-electron chi connectivity index (χ4n) is 2.04. The molecule has 0 unspecified atom stereocenters. The molecule has 0 atom stereocenters. The van der Waals surface area contributed by atoms with Gasteiger partial charge in [0.2, 0.25) is 0 Å². The SMILES string of the molecule is CCSCc1cccc(N2CCCC2)c1. The summed E-state index contributed by atoms with van der Waals surface area (Å²) in [5.41, 5.74) is 2.88. The van der Waals surface area contributed by atoms with Crippen LogP contribution < -0.4 is 4.90 Å². The van der Waals surface area contributed by atoms with Gasteiger partial charge in [-0.1, -0.05) is 19.1 Å². The highest BCUT2D eigenvalue weighted by Gasteiger charge is 2.11. The molecule has 1 aromatic rings. The molecule has 0 amide bonds. The predicted molar refractivity (Wildman–Crippen MR) is 69.7 cm³/mol. The average Bonchev–Trinajstić information content (AvgIpc) is 2.80. The molecule has 0 spiro atoms. The summed E-state index contributed by atoms with van der Waals surface area (Å²) in [5.74, 6) is 2.35. The lowest BCUT2D eigenvalue weighted by Crippen LogP contribution is -2.17. The molecule has 1 heterocycles. The Bertz CT molecular complexity index is 305. The highest BCUT2D eigenvalue weighted by Crippen LogP contribution is 2.22. The number of rotatable bonds is 4. The van der Waals surface area contributed by atoms with Crippen molar-refractivity contribution < 1.29 is 0 Å². The maximum atomic E-state index is 2.50. The molecule has 2 rings (SSSR count). The Labute approximate surface area is 96.9 Å². The number of nitrogens with zero attached hydrogens (tertiary/aromatic N) is 1. The highest BCUT2D eigenvalue weighted by molar-refractivity contribution is 7.98. The Morgan fingerprint density at radius 2 is 2.07 bits per heavy atom. The molecule has 2 heteroatoms. The van der Waals surface area contributed by atoms with Crippen molar-refractivity contribution in [1.82, 2.24) is 0 Å². The molecule has 0 saturated carbocycles. The zero-order chi connectivity index (χ0) is 10.5. The Hall–Kier alpha value is -0.630. The van der Waals surface area contributed by atoms with Crippen LogP contribution >= 0.6 is 11.8 Å². The Morgan fingerprint density at radius 1 is 1.27 bits per heavy atom. The molecular formula is C13H19NS. The number of hydrogen-bond acceptors (Lipinski definition) is 2. The second-order valence-electron chi connectivity index (χ2n) is 4.00. The van der Waals surface area contributed by atoms with Gasteiger partial charge in [0.05, 0.1) is 0 Å². The molecule has 0 bridgehead atoms. The zero-order valence-corrected chi connectivity index (χ0v) is 10.2. The van der Waals surface area contributed by atoms with Crippen molar-refractivity contribution in [3.8, 4) is 0 Å². The predicted octanol–water partition coefficient (Wildman–Crippen LogP) is 3.54. The van der Waals surface area contributed by atoms with Gasteiger partial charge < -0.3 is 4.90 Å². The normalized spacial score (nSPS) is 15.9.